The largest absolute Gasteiger partial charge is 0.460 e. The van der Waals surface area contributed by atoms with Gasteiger partial charge >= 0.3 is 0 Å². The number of thiophene rings is 1. The van der Waals surface area contributed by atoms with Crippen LogP contribution in [0.5, 0.6) is 0 Å². The van der Waals surface area contributed by atoms with Gasteiger partial charge in [0.05, 0.1) is 0 Å². The molecule has 0 atom stereocenters. The summed E-state index contributed by atoms with van der Waals surface area (Å²) in [5.41, 5.74) is 10.8. The molecule has 0 amide bonds. The van der Waals surface area contributed by atoms with E-state index in [2.05, 4.69) is 164 Å². The molecule has 1 aliphatic rings. The van der Waals surface area contributed by atoms with Gasteiger partial charge in [0.15, 0.2) is 17.5 Å². The molecule has 0 saturated carbocycles. The van der Waals surface area contributed by atoms with Crippen LogP contribution in [-0.4, -0.2) is 15.0 Å². The normalized spacial score (nSPS) is 12.7. The monoisotopic (exact) mass is 799 g/mol. The van der Waals surface area contributed by atoms with E-state index in [-0.39, 0.29) is 0 Å². The second kappa shape index (κ2) is 13.4. The van der Waals surface area contributed by atoms with E-state index >= 15 is 0 Å². The van der Waals surface area contributed by atoms with Gasteiger partial charge in [-0.25, -0.2) is 15.0 Å². The fourth-order valence-electron chi connectivity index (χ4n) is 9.40. The number of hydrogen-bond acceptors (Lipinski definition) is 6. The third kappa shape index (κ3) is 5.42. The lowest BCUT2D eigenvalue weighted by atomic mass is 9.93. The van der Waals surface area contributed by atoms with E-state index in [9.17, 15) is 0 Å². The van der Waals surface area contributed by atoms with Crippen LogP contribution in [-0.2, 0) is 6.42 Å². The smallest absolute Gasteiger partial charge is 0.164 e. The van der Waals surface area contributed by atoms with Crippen LogP contribution >= 0.6 is 11.3 Å². The Labute approximate surface area is 353 Å². The first-order chi connectivity index (χ1) is 30.2. The van der Waals surface area contributed by atoms with E-state index in [4.69, 9.17) is 23.8 Å². The van der Waals surface area contributed by atoms with Crippen LogP contribution in [0.3, 0.4) is 0 Å². The topological polar surface area (TPSA) is 65.0 Å². The third-order valence-electron chi connectivity index (χ3n) is 12.2. The summed E-state index contributed by atoms with van der Waals surface area (Å²) in [7, 11) is 0. The van der Waals surface area contributed by atoms with Crippen LogP contribution in [0.4, 0.5) is 0 Å². The zero-order valence-electron chi connectivity index (χ0n) is 32.7. The molecule has 0 bridgehead atoms. The number of nitrogens with zero attached hydrogens (tertiary/aromatic N) is 3. The number of rotatable bonds is 5. The number of aromatic nitrogens is 3. The molecule has 4 heterocycles. The summed E-state index contributed by atoms with van der Waals surface area (Å²) in [4.78, 5) is 16.2. The molecule has 1 aliphatic carbocycles. The predicted molar refractivity (Wildman–Crippen MR) is 252 cm³/mol. The summed E-state index contributed by atoms with van der Waals surface area (Å²) in [5.74, 6) is 2.82. The average molecular weight is 800 g/mol. The van der Waals surface area contributed by atoms with Gasteiger partial charge in [-0.3, -0.25) is 0 Å². The molecule has 13 rings (SSSR count). The second-order valence-corrected chi connectivity index (χ2v) is 16.8. The lowest BCUT2D eigenvalue weighted by Gasteiger charge is -2.14. The van der Waals surface area contributed by atoms with Gasteiger partial charge in [0.1, 0.15) is 22.5 Å². The highest BCUT2D eigenvalue weighted by Crippen LogP contribution is 2.44. The van der Waals surface area contributed by atoms with Crippen LogP contribution in [0, 0.1) is 0 Å². The van der Waals surface area contributed by atoms with Crippen molar-refractivity contribution in [1.82, 2.24) is 15.0 Å². The van der Waals surface area contributed by atoms with Crippen molar-refractivity contribution in [1.29, 1.82) is 0 Å². The molecule has 0 spiro atoms. The quantitative estimate of drug-likeness (QED) is 0.173. The average Bonchev–Trinajstić information content (AvgIpc) is 4.02. The molecule has 0 unspecified atom stereocenters. The van der Waals surface area contributed by atoms with Crippen LogP contribution in [0.25, 0.3) is 126 Å². The molecule has 12 aromatic rings. The van der Waals surface area contributed by atoms with E-state index in [1.807, 2.05) is 12.1 Å². The van der Waals surface area contributed by atoms with Gasteiger partial charge in [0.25, 0.3) is 0 Å². The highest BCUT2D eigenvalue weighted by Gasteiger charge is 2.24. The molecular weight excluding hydrogens is 767 g/mol. The van der Waals surface area contributed by atoms with E-state index in [0.29, 0.717) is 17.5 Å². The number of furan rings is 2. The van der Waals surface area contributed by atoms with Gasteiger partial charge in [0.2, 0.25) is 0 Å². The van der Waals surface area contributed by atoms with Crippen LogP contribution in [0.15, 0.2) is 179 Å². The molecule has 286 valence electrons. The highest BCUT2D eigenvalue weighted by molar-refractivity contribution is 7.25. The van der Waals surface area contributed by atoms with Gasteiger partial charge in [-0.05, 0) is 81.9 Å². The Kier molecular flexibility index (Phi) is 7.53. The first-order valence-electron chi connectivity index (χ1n) is 20.6. The van der Waals surface area contributed by atoms with E-state index in [0.717, 1.165) is 107 Å². The molecule has 5 nitrogen and oxygen atoms in total. The summed E-state index contributed by atoms with van der Waals surface area (Å²) >= 11 is 1.79. The summed E-state index contributed by atoms with van der Waals surface area (Å²) < 4.78 is 15.6. The highest BCUT2D eigenvalue weighted by atomic mass is 32.1. The Balaban J connectivity index is 1.10. The van der Waals surface area contributed by atoms with E-state index in [1.165, 1.54) is 20.2 Å². The van der Waals surface area contributed by atoms with Crippen molar-refractivity contribution in [3.05, 3.63) is 181 Å². The fraction of sp³-hybridized carbons (Fsp3) is 0.0364. The molecular formula is C55H33N3O2S. The second-order valence-electron chi connectivity index (χ2n) is 15.7. The summed E-state index contributed by atoms with van der Waals surface area (Å²) in [6.07, 6.45) is 6.31. The molecule has 8 aromatic carbocycles. The Hall–Kier alpha value is -7.67. The Bertz CT molecular complexity index is 3780. The first-order valence-corrected chi connectivity index (χ1v) is 21.5. The first kappa shape index (κ1) is 34.2. The van der Waals surface area contributed by atoms with Gasteiger partial charge in [-0.1, -0.05) is 133 Å². The lowest BCUT2D eigenvalue weighted by molar-refractivity contribution is 0.546. The predicted octanol–water partition coefficient (Wildman–Crippen LogP) is 15.3. The zero-order valence-corrected chi connectivity index (χ0v) is 33.5. The number of para-hydroxylation sites is 1. The van der Waals surface area contributed by atoms with Gasteiger partial charge in [-0.15, -0.1) is 11.3 Å². The van der Waals surface area contributed by atoms with Crippen LogP contribution in [0.2, 0.25) is 0 Å². The van der Waals surface area contributed by atoms with Crippen molar-refractivity contribution < 1.29 is 8.83 Å². The summed E-state index contributed by atoms with van der Waals surface area (Å²) in [6.45, 7) is 0. The van der Waals surface area contributed by atoms with Crippen molar-refractivity contribution in [3.63, 3.8) is 0 Å². The minimum absolute atomic E-state index is 0.576. The number of fused-ring (bicyclic) bond motifs is 10. The maximum Gasteiger partial charge on any atom is 0.164 e. The standard InChI is InChI=1S/C55H33N3O2S/c1-2-13-32(14-3-1)35-27-28-41(38-16-5-4-15-37(35)38)54-56-53(33-25-26-40-39-17-8-11-24-49(39)61-50(40)31-33)57-55(58-54)44-29-34(30-48-52(44)43-19-7-10-22-46(43)60-48)36-20-12-23-47-51(36)42-18-6-9-21-45(42)59-47/h1-8,10-20,22-31H,9,21H2. The van der Waals surface area contributed by atoms with E-state index in [1.54, 1.807) is 11.3 Å². The van der Waals surface area contributed by atoms with Crippen molar-refractivity contribution in [2.75, 3.05) is 0 Å². The van der Waals surface area contributed by atoms with Crippen molar-refractivity contribution in [2.24, 2.45) is 0 Å². The Morgan fingerprint density at radius 1 is 0.410 bits per heavy atom. The lowest BCUT2D eigenvalue weighted by Crippen LogP contribution is -2.01. The zero-order chi connectivity index (χ0) is 40.0. The fourth-order valence-corrected chi connectivity index (χ4v) is 10.5. The van der Waals surface area contributed by atoms with Crippen LogP contribution < -0.4 is 0 Å². The summed E-state index contributed by atoms with van der Waals surface area (Å²) in [6, 6.07) is 57.6. The molecule has 6 heteroatoms. The molecule has 0 saturated heterocycles. The van der Waals surface area contributed by atoms with Crippen LogP contribution in [0.1, 0.15) is 17.7 Å². The molecule has 0 aliphatic heterocycles. The molecule has 0 fully saturated rings. The molecule has 0 radical (unpaired) electrons. The van der Waals surface area contributed by atoms with Gasteiger partial charge in [0, 0.05) is 65.0 Å². The minimum Gasteiger partial charge on any atom is -0.460 e. The SMILES string of the molecule is C1=Cc2c(oc3cccc(-c4cc(-c5nc(-c6ccc7c(c6)sc6ccccc67)nc(-c6ccc(-c7ccccc7)c7ccccc67)n5)c5c(c4)oc4ccccc45)c23)CC1. The van der Waals surface area contributed by atoms with Gasteiger partial charge < -0.3 is 8.83 Å². The third-order valence-corrected chi connectivity index (χ3v) is 13.3. The maximum absolute atomic E-state index is 6.70. The molecule has 61 heavy (non-hydrogen) atoms. The number of hydrogen-bond donors (Lipinski definition) is 0. The Morgan fingerprint density at radius 3 is 2.00 bits per heavy atom. The summed E-state index contributed by atoms with van der Waals surface area (Å²) in [5, 5.41) is 7.77. The number of allylic oxidation sites excluding steroid dienone is 1. The minimum atomic E-state index is 0.576. The molecule has 4 aromatic heterocycles. The number of benzene rings is 8. The maximum atomic E-state index is 6.70. The number of aryl methyl sites for hydroxylation is 1. The van der Waals surface area contributed by atoms with Crippen molar-refractivity contribution in [3.8, 4) is 56.4 Å². The Morgan fingerprint density at radius 2 is 1.11 bits per heavy atom. The van der Waals surface area contributed by atoms with E-state index < -0.39 is 0 Å². The van der Waals surface area contributed by atoms with Crippen molar-refractivity contribution >= 4 is 81.3 Å². The van der Waals surface area contributed by atoms with Gasteiger partial charge in [-0.2, -0.15) is 0 Å². The molecule has 0 N–H and O–H groups in total. The van der Waals surface area contributed by atoms with Crippen molar-refractivity contribution in [2.45, 2.75) is 12.8 Å².